The van der Waals surface area contributed by atoms with Gasteiger partial charge in [-0.3, -0.25) is 0 Å². The van der Waals surface area contributed by atoms with E-state index in [9.17, 15) is 0 Å². The van der Waals surface area contributed by atoms with E-state index < -0.39 is 0 Å². The van der Waals surface area contributed by atoms with Crippen molar-refractivity contribution in [3.05, 3.63) is 15.5 Å². The van der Waals surface area contributed by atoms with Crippen molar-refractivity contribution in [3.63, 3.8) is 0 Å². The monoisotopic (exact) mass is 266 g/mol. The second-order valence-electron chi connectivity index (χ2n) is 2.30. The summed E-state index contributed by atoms with van der Waals surface area (Å²) in [5.74, 6) is 2.12. The molecule has 1 aromatic heterocycles. The molecule has 0 aliphatic carbocycles. The number of nitrogens with zero attached hydrogens (tertiary/aromatic N) is 1. The van der Waals surface area contributed by atoms with Crippen LogP contribution in [0.2, 0.25) is 0 Å². The second-order valence-corrected chi connectivity index (χ2v) is 4.89. The van der Waals surface area contributed by atoms with Crippen molar-refractivity contribution in [2.45, 2.75) is 12.2 Å². The molecule has 0 saturated carbocycles. The summed E-state index contributed by atoms with van der Waals surface area (Å²) in [6.07, 6.45) is 1.09. The van der Waals surface area contributed by atoms with Gasteiger partial charge in [0.25, 0.3) is 0 Å². The normalized spacial score (nSPS) is 10.5. The van der Waals surface area contributed by atoms with Gasteiger partial charge in [0.15, 0.2) is 0 Å². The third-order valence-electron chi connectivity index (χ3n) is 1.33. The molecule has 0 aromatic carbocycles. The van der Waals surface area contributed by atoms with Gasteiger partial charge in [-0.15, -0.1) is 0 Å². The Morgan fingerprint density at radius 2 is 2.50 bits per heavy atom. The molecular weight excluding hydrogens is 256 g/mol. The number of nitrogens with two attached hydrogens (primary N) is 1. The predicted molar refractivity (Wildman–Crippen MR) is 59.6 cm³/mol. The molecule has 0 unspecified atom stereocenters. The molecule has 1 rings (SSSR count). The quantitative estimate of drug-likeness (QED) is 0.833. The summed E-state index contributed by atoms with van der Waals surface area (Å²) in [4.78, 5) is 0. The summed E-state index contributed by atoms with van der Waals surface area (Å²) in [7, 11) is 0. The first-order valence-corrected chi connectivity index (χ1v) is 6.49. The molecule has 0 bridgehead atoms. The Morgan fingerprint density at radius 3 is 3.08 bits per heavy atom. The van der Waals surface area contributed by atoms with Gasteiger partial charge in [-0.1, -0.05) is 0 Å². The smallest absolute Gasteiger partial charge is 0.0782 e. The molecule has 1 aromatic rings. The maximum atomic E-state index is 5.38. The van der Waals surface area contributed by atoms with E-state index in [-0.39, 0.29) is 0 Å². The van der Waals surface area contributed by atoms with Crippen molar-refractivity contribution in [3.8, 4) is 0 Å². The van der Waals surface area contributed by atoms with Crippen LogP contribution in [0.25, 0.3) is 0 Å². The highest BCUT2D eigenvalue weighted by Crippen LogP contribution is 2.22. The molecule has 0 aliphatic rings. The molecule has 68 valence electrons. The van der Waals surface area contributed by atoms with Crippen LogP contribution in [0.15, 0.2) is 9.85 Å². The van der Waals surface area contributed by atoms with Gasteiger partial charge in [-0.2, -0.15) is 16.1 Å². The summed E-state index contributed by atoms with van der Waals surface area (Å²) in [5, 5.41) is 2.01. The third-order valence-corrected chi connectivity index (χ3v) is 4.04. The highest BCUT2D eigenvalue weighted by Gasteiger charge is 2.01. The van der Waals surface area contributed by atoms with Crippen LogP contribution in [-0.4, -0.2) is 16.7 Å². The lowest BCUT2D eigenvalue weighted by Crippen LogP contribution is -1.99. The molecule has 0 radical (unpaired) electrons. The highest BCUT2D eigenvalue weighted by molar-refractivity contribution is 9.10. The molecular formula is C7H11BrN2S2. The van der Waals surface area contributed by atoms with Gasteiger partial charge in [0.1, 0.15) is 0 Å². The Hall–Kier alpha value is 0.420. The van der Waals surface area contributed by atoms with E-state index in [2.05, 4.69) is 20.3 Å². The Labute approximate surface area is 89.2 Å². The van der Waals surface area contributed by atoms with Gasteiger partial charge in [-0.25, -0.2) is 0 Å². The van der Waals surface area contributed by atoms with Crippen molar-refractivity contribution >= 4 is 39.2 Å². The number of hydrogen-bond donors (Lipinski definition) is 1. The zero-order valence-electron chi connectivity index (χ0n) is 6.62. The fourth-order valence-corrected chi connectivity index (χ4v) is 3.06. The third kappa shape index (κ3) is 3.43. The Kier molecular flexibility index (Phi) is 5.22. The first-order chi connectivity index (χ1) is 5.84. The molecule has 0 spiro atoms. The van der Waals surface area contributed by atoms with E-state index in [1.807, 2.05) is 17.1 Å². The molecule has 0 atom stereocenters. The van der Waals surface area contributed by atoms with Crippen molar-refractivity contribution in [1.82, 2.24) is 4.37 Å². The van der Waals surface area contributed by atoms with Crippen LogP contribution < -0.4 is 5.73 Å². The summed E-state index contributed by atoms with van der Waals surface area (Å²) in [5.41, 5.74) is 6.54. The zero-order valence-corrected chi connectivity index (χ0v) is 9.84. The number of rotatable bonds is 5. The lowest BCUT2D eigenvalue weighted by molar-refractivity contribution is 0.942. The standard InChI is InChI=1S/C7H11BrN2S2/c8-6-4-12-10-7(6)5-11-3-1-2-9/h4H,1-3,5,9H2. The maximum Gasteiger partial charge on any atom is 0.0782 e. The topological polar surface area (TPSA) is 38.9 Å². The predicted octanol–water partition coefficient (Wildman–Crippen LogP) is 2.49. The molecule has 12 heavy (non-hydrogen) atoms. The molecule has 0 fully saturated rings. The Balaban J connectivity index is 2.20. The van der Waals surface area contributed by atoms with Crippen LogP contribution in [0.4, 0.5) is 0 Å². The van der Waals surface area contributed by atoms with Crippen LogP contribution in [0.3, 0.4) is 0 Å². The second kappa shape index (κ2) is 5.96. The molecule has 1 heterocycles. The van der Waals surface area contributed by atoms with Gasteiger partial charge >= 0.3 is 0 Å². The van der Waals surface area contributed by atoms with E-state index in [4.69, 9.17) is 5.73 Å². The molecule has 0 saturated heterocycles. The van der Waals surface area contributed by atoms with Crippen molar-refractivity contribution in [2.24, 2.45) is 5.73 Å². The molecule has 5 heteroatoms. The number of aromatic nitrogens is 1. The van der Waals surface area contributed by atoms with E-state index in [0.717, 1.165) is 34.6 Å². The lowest BCUT2D eigenvalue weighted by atomic mass is 10.5. The van der Waals surface area contributed by atoms with Gasteiger partial charge < -0.3 is 5.73 Å². The number of halogens is 1. The Morgan fingerprint density at radius 1 is 1.67 bits per heavy atom. The molecule has 2 nitrogen and oxygen atoms in total. The minimum absolute atomic E-state index is 0.783. The average molecular weight is 267 g/mol. The van der Waals surface area contributed by atoms with Crippen LogP contribution in [-0.2, 0) is 5.75 Å². The van der Waals surface area contributed by atoms with Gasteiger partial charge in [0, 0.05) is 11.1 Å². The lowest BCUT2D eigenvalue weighted by Gasteiger charge is -1.97. The minimum Gasteiger partial charge on any atom is -0.330 e. The summed E-state index contributed by atoms with van der Waals surface area (Å²) >= 11 is 6.82. The first-order valence-electron chi connectivity index (χ1n) is 3.71. The largest absolute Gasteiger partial charge is 0.330 e. The number of thioether (sulfide) groups is 1. The Bertz CT molecular complexity index is 227. The van der Waals surface area contributed by atoms with Crippen LogP contribution in [0.1, 0.15) is 12.1 Å². The van der Waals surface area contributed by atoms with Crippen LogP contribution >= 0.6 is 39.2 Å². The van der Waals surface area contributed by atoms with Gasteiger partial charge in [0.2, 0.25) is 0 Å². The maximum absolute atomic E-state index is 5.38. The average Bonchev–Trinajstić information content (AvgIpc) is 2.46. The van der Waals surface area contributed by atoms with Crippen molar-refractivity contribution in [1.29, 1.82) is 0 Å². The zero-order chi connectivity index (χ0) is 8.81. The SMILES string of the molecule is NCCCSCc1nscc1Br. The molecule has 2 N–H and O–H groups in total. The van der Waals surface area contributed by atoms with Crippen molar-refractivity contribution in [2.75, 3.05) is 12.3 Å². The summed E-state index contributed by atoms with van der Waals surface area (Å²) in [6.45, 7) is 0.783. The van der Waals surface area contributed by atoms with Gasteiger partial charge in [0.05, 0.1) is 10.2 Å². The summed E-state index contributed by atoms with van der Waals surface area (Å²) < 4.78 is 5.39. The van der Waals surface area contributed by atoms with E-state index in [1.54, 1.807) is 0 Å². The minimum atomic E-state index is 0.783. The molecule has 0 amide bonds. The number of hydrogen-bond acceptors (Lipinski definition) is 4. The molecule has 0 aliphatic heterocycles. The fourth-order valence-electron chi connectivity index (χ4n) is 0.697. The van der Waals surface area contributed by atoms with E-state index >= 15 is 0 Å². The summed E-state index contributed by atoms with van der Waals surface area (Å²) in [6, 6.07) is 0. The highest BCUT2D eigenvalue weighted by atomic mass is 79.9. The van der Waals surface area contributed by atoms with Crippen molar-refractivity contribution < 1.29 is 0 Å². The van der Waals surface area contributed by atoms with Gasteiger partial charge in [-0.05, 0) is 46.2 Å². The fraction of sp³-hybridized carbons (Fsp3) is 0.571. The van der Waals surface area contributed by atoms with E-state index in [1.165, 1.54) is 11.5 Å². The van der Waals surface area contributed by atoms with Crippen LogP contribution in [0, 0.1) is 0 Å². The van der Waals surface area contributed by atoms with Crippen LogP contribution in [0.5, 0.6) is 0 Å². The first kappa shape index (κ1) is 10.5. The van der Waals surface area contributed by atoms with E-state index in [0.29, 0.717) is 0 Å².